The van der Waals surface area contributed by atoms with E-state index in [0.29, 0.717) is 0 Å². The number of hydrogen-bond donors (Lipinski definition) is 0. The van der Waals surface area contributed by atoms with Gasteiger partial charge < -0.3 is 0 Å². The van der Waals surface area contributed by atoms with Gasteiger partial charge in [0.1, 0.15) is 0 Å². The van der Waals surface area contributed by atoms with Crippen molar-refractivity contribution < 1.29 is 0 Å². The van der Waals surface area contributed by atoms with Crippen LogP contribution < -0.4 is 0 Å². The van der Waals surface area contributed by atoms with Crippen LogP contribution >= 0.6 is 0 Å². The summed E-state index contributed by atoms with van der Waals surface area (Å²) in [6.45, 7) is 2.33. The molecule has 2 aliphatic carbocycles. The van der Waals surface area contributed by atoms with E-state index in [9.17, 15) is 0 Å². The topological polar surface area (TPSA) is 0 Å². The molecule has 12 heavy (non-hydrogen) atoms. The summed E-state index contributed by atoms with van der Waals surface area (Å²) in [4.78, 5) is 0. The number of rotatable bonds is 2. The van der Waals surface area contributed by atoms with E-state index in [0.717, 1.165) is 11.3 Å². The summed E-state index contributed by atoms with van der Waals surface area (Å²) in [5, 5.41) is 0. The summed E-state index contributed by atoms with van der Waals surface area (Å²) in [5.41, 5.74) is 0.873. The van der Waals surface area contributed by atoms with Gasteiger partial charge in [-0.05, 0) is 37.0 Å². The van der Waals surface area contributed by atoms with Gasteiger partial charge in [0.15, 0.2) is 0 Å². The van der Waals surface area contributed by atoms with E-state index in [1.54, 1.807) is 25.7 Å². The summed E-state index contributed by atoms with van der Waals surface area (Å²) in [7, 11) is 0. The Morgan fingerprint density at radius 2 is 1.75 bits per heavy atom. The first-order valence-corrected chi connectivity index (χ1v) is 5.85. The molecule has 0 saturated heterocycles. The Kier molecular flexibility index (Phi) is 2.43. The Morgan fingerprint density at radius 3 is 2.33 bits per heavy atom. The first-order chi connectivity index (χ1) is 5.85. The van der Waals surface area contributed by atoms with E-state index < -0.39 is 0 Å². The standard InChI is InChI=1S/C12H22/c1-2-6-11-9-12(10-11)7-4-3-5-8-12/h11H,2-10H2,1H3. The van der Waals surface area contributed by atoms with Crippen molar-refractivity contribution in [1.82, 2.24) is 0 Å². The smallest absolute Gasteiger partial charge is 0.0292 e. The average Bonchev–Trinajstić information content (AvgIpc) is 2.04. The van der Waals surface area contributed by atoms with Gasteiger partial charge in [0, 0.05) is 0 Å². The highest BCUT2D eigenvalue weighted by atomic mass is 14.5. The van der Waals surface area contributed by atoms with Crippen molar-refractivity contribution in [2.24, 2.45) is 11.3 Å². The molecule has 2 saturated carbocycles. The second-order valence-electron chi connectivity index (χ2n) is 5.12. The van der Waals surface area contributed by atoms with Gasteiger partial charge in [-0.25, -0.2) is 0 Å². The summed E-state index contributed by atoms with van der Waals surface area (Å²) in [6, 6.07) is 0. The molecule has 0 aromatic heterocycles. The highest BCUT2D eigenvalue weighted by Gasteiger charge is 2.43. The van der Waals surface area contributed by atoms with E-state index in [1.165, 1.54) is 32.1 Å². The first-order valence-electron chi connectivity index (χ1n) is 5.85. The fourth-order valence-corrected chi connectivity index (χ4v) is 3.49. The van der Waals surface area contributed by atoms with Gasteiger partial charge in [0.2, 0.25) is 0 Å². The van der Waals surface area contributed by atoms with Gasteiger partial charge in [0.05, 0.1) is 0 Å². The molecule has 0 N–H and O–H groups in total. The van der Waals surface area contributed by atoms with Crippen molar-refractivity contribution in [3.05, 3.63) is 0 Å². The van der Waals surface area contributed by atoms with Crippen LogP contribution in [0.3, 0.4) is 0 Å². The Morgan fingerprint density at radius 1 is 1.08 bits per heavy atom. The van der Waals surface area contributed by atoms with Crippen molar-refractivity contribution in [3.8, 4) is 0 Å². The predicted molar refractivity (Wildman–Crippen MR) is 53.2 cm³/mol. The van der Waals surface area contributed by atoms with Crippen LogP contribution in [0.2, 0.25) is 0 Å². The fourth-order valence-electron chi connectivity index (χ4n) is 3.49. The summed E-state index contributed by atoms with van der Waals surface area (Å²) < 4.78 is 0. The zero-order chi connectivity index (χ0) is 8.44. The molecule has 0 aromatic carbocycles. The van der Waals surface area contributed by atoms with Crippen LogP contribution in [0.1, 0.15) is 64.7 Å². The van der Waals surface area contributed by atoms with Crippen LogP contribution in [-0.2, 0) is 0 Å². The summed E-state index contributed by atoms with van der Waals surface area (Å²) in [5.74, 6) is 1.12. The maximum Gasteiger partial charge on any atom is -0.0292 e. The fraction of sp³-hybridized carbons (Fsp3) is 1.00. The van der Waals surface area contributed by atoms with E-state index in [1.807, 2.05) is 0 Å². The predicted octanol–water partition coefficient (Wildman–Crippen LogP) is 4.15. The molecule has 1 spiro atoms. The third kappa shape index (κ3) is 1.53. The Balaban J connectivity index is 1.77. The largest absolute Gasteiger partial charge is 0.0654 e. The quantitative estimate of drug-likeness (QED) is 0.578. The van der Waals surface area contributed by atoms with Gasteiger partial charge in [-0.15, -0.1) is 0 Å². The Bertz CT molecular complexity index is 134. The second-order valence-corrected chi connectivity index (χ2v) is 5.12. The Labute approximate surface area is 76.7 Å². The summed E-state index contributed by atoms with van der Waals surface area (Å²) in [6.07, 6.45) is 13.8. The zero-order valence-corrected chi connectivity index (χ0v) is 8.44. The lowest BCUT2D eigenvalue weighted by atomic mass is 9.55. The van der Waals surface area contributed by atoms with Gasteiger partial charge >= 0.3 is 0 Å². The molecule has 70 valence electrons. The molecule has 0 radical (unpaired) electrons. The zero-order valence-electron chi connectivity index (χ0n) is 8.44. The van der Waals surface area contributed by atoms with Crippen LogP contribution in [0.15, 0.2) is 0 Å². The third-order valence-electron chi connectivity index (χ3n) is 4.05. The molecule has 0 bridgehead atoms. The van der Waals surface area contributed by atoms with Crippen LogP contribution in [-0.4, -0.2) is 0 Å². The van der Waals surface area contributed by atoms with Crippen LogP contribution in [0.25, 0.3) is 0 Å². The van der Waals surface area contributed by atoms with Gasteiger partial charge in [-0.1, -0.05) is 39.0 Å². The third-order valence-corrected chi connectivity index (χ3v) is 4.05. The van der Waals surface area contributed by atoms with Gasteiger partial charge in [0.25, 0.3) is 0 Å². The molecule has 0 heterocycles. The Hall–Kier alpha value is 0. The van der Waals surface area contributed by atoms with Gasteiger partial charge in [-0.2, -0.15) is 0 Å². The van der Waals surface area contributed by atoms with E-state index in [-0.39, 0.29) is 0 Å². The first kappa shape index (κ1) is 8.59. The minimum absolute atomic E-state index is 0.873. The van der Waals surface area contributed by atoms with Gasteiger partial charge in [-0.3, -0.25) is 0 Å². The minimum Gasteiger partial charge on any atom is -0.0654 e. The normalized spacial score (nSPS) is 28.8. The average molecular weight is 166 g/mol. The lowest BCUT2D eigenvalue weighted by Crippen LogP contribution is -2.38. The highest BCUT2D eigenvalue weighted by Crippen LogP contribution is 2.55. The maximum absolute atomic E-state index is 2.33. The monoisotopic (exact) mass is 166 g/mol. The lowest BCUT2D eigenvalue weighted by Gasteiger charge is -2.50. The molecule has 0 amide bonds. The summed E-state index contributed by atoms with van der Waals surface area (Å²) >= 11 is 0. The number of hydrogen-bond acceptors (Lipinski definition) is 0. The van der Waals surface area contributed by atoms with Crippen molar-refractivity contribution in [2.45, 2.75) is 64.7 Å². The minimum atomic E-state index is 0.873. The SMILES string of the molecule is CCCC1CC2(CCCCC2)C1. The molecular weight excluding hydrogens is 144 g/mol. The van der Waals surface area contributed by atoms with Crippen molar-refractivity contribution in [3.63, 3.8) is 0 Å². The molecule has 0 unspecified atom stereocenters. The van der Waals surface area contributed by atoms with Crippen molar-refractivity contribution in [1.29, 1.82) is 0 Å². The molecule has 2 fully saturated rings. The van der Waals surface area contributed by atoms with Crippen molar-refractivity contribution >= 4 is 0 Å². The molecule has 2 aliphatic rings. The lowest BCUT2D eigenvalue weighted by molar-refractivity contribution is 0.0106. The van der Waals surface area contributed by atoms with E-state index >= 15 is 0 Å². The molecule has 0 heteroatoms. The molecule has 0 atom stereocenters. The van der Waals surface area contributed by atoms with E-state index in [4.69, 9.17) is 0 Å². The molecular formula is C12H22. The molecule has 0 nitrogen and oxygen atoms in total. The van der Waals surface area contributed by atoms with Crippen LogP contribution in [0.5, 0.6) is 0 Å². The highest BCUT2D eigenvalue weighted by molar-refractivity contribution is 4.94. The van der Waals surface area contributed by atoms with Crippen LogP contribution in [0, 0.1) is 11.3 Å². The van der Waals surface area contributed by atoms with Crippen molar-refractivity contribution in [2.75, 3.05) is 0 Å². The molecule has 0 aliphatic heterocycles. The maximum atomic E-state index is 2.33. The molecule has 0 aromatic rings. The van der Waals surface area contributed by atoms with Crippen LogP contribution in [0.4, 0.5) is 0 Å². The van der Waals surface area contributed by atoms with E-state index in [2.05, 4.69) is 6.92 Å². The molecule has 2 rings (SSSR count). The second kappa shape index (κ2) is 3.40.